The van der Waals surface area contributed by atoms with E-state index in [9.17, 15) is 14.0 Å². The maximum atomic E-state index is 13.2. The van der Waals surface area contributed by atoms with E-state index in [4.69, 9.17) is 0 Å². The van der Waals surface area contributed by atoms with E-state index in [2.05, 4.69) is 4.57 Å². The normalized spacial score (nSPS) is 16.1. The Labute approximate surface area is 160 Å². The third-order valence-corrected chi connectivity index (χ3v) is 5.47. The average molecular weight is 380 g/mol. The van der Waals surface area contributed by atoms with Gasteiger partial charge in [-0.15, -0.1) is 0 Å². The van der Waals surface area contributed by atoms with Gasteiger partial charge in [0.05, 0.1) is 4.91 Å². The molecule has 1 saturated heterocycles. The SMILES string of the molecule is CCN1C(=O)SC(=Cc2cn(Cc3ccc(F)cc3)c3ccccc23)C1=O. The number of hydrogen-bond donors (Lipinski definition) is 0. The summed E-state index contributed by atoms with van der Waals surface area (Å²) in [6, 6.07) is 14.3. The van der Waals surface area contributed by atoms with Crippen LogP contribution in [-0.4, -0.2) is 27.2 Å². The first-order valence-electron chi connectivity index (χ1n) is 8.64. The molecule has 6 heteroatoms. The summed E-state index contributed by atoms with van der Waals surface area (Å²) in [7, 11) is 0. The number of rotatable bonds is 4. The van der Waals surface area contributed by atoms with Crippen LogP contribution in [0.1, 0.15) is 18.1 Å². The molecule has 0 bridgehead atoms. The van der Waals surface area contributed by atoms with Crippen LogP contribution in [0.4, 0.5) is 9.18 Å². The van der Waals surface area contributed by atoms with Gasteiger partial charge in [0.2, 0.25) is 0 Å². The minimum atomic E-state index is -0.261. The van der Waals surface area contributed by atoms with Crippen molar-refractivity contribution in [3.05, 3.63) is 76.6 Å². The van der Waals surface area contributed by atoms with E-state index in [1.807, 2.05) is 30.5 Å². The molecule has 1 fully saturated rings. The van der Waals surface area contributed by atoms with Gasteiger partial charge in [0.25, 0.3) is 11.1 Å². The first kappa shape index (κ1) is 17.5. The van der Waals surface area contributed by atoms with E-state index >= 15 is 0 Å². The third-order valence-electron chi connectivity index (χ3n) is 4.56. The Morgan fingerprint density at radius 1 is 1.07 bits per heavy atom. The lowest BCUT2D eigenvalue weighted by Crippen LogP contribution is -2.27. The molecule has 2 aromatic carbocycles. The molecule has 2 amide bonds. The molecule has 0 atom stereocenters. The van der Waals surface area contributed by atoms with Crippen LogP contribution in [0.2, 0.25) is 0 Å². The Hall–Kier alpha value is -2.86. The molecule has 1 aliphatic heterocycles. The lowest BCUT2D eigenvalue weighted by molar-refractivity contribution is -0.122. The van der Waals surface area contributed by atoms with Crippen LogP contribution >= 0.6 is 11.8 Å². The van der Waals surface area contributed by atoms with Gasteiger partial charge in [-0.1, -0.05) is 30.3 Å². The molecule has 0 saturated carbocycles. The number of nitrogens with zero attached hydrogens (tertiary/aromatic N) is 2. The topological polar surface area (TPSA) is 42.3 Å². The number of carbonyl (C=O) groups is 2. The highest BCUT2D eigenvalue weighted by Gasteiger charge is 2.33. The number of carbonyl (C=O) groups excluding carboxylic acids is 2. The van der Waals surface area contributed by atoms with Crippen molar-refractivity contribution in [2.75, 3.05) is 6.54 Å². The zero-order chi connectivity index (χ0) is 19.0. The molecule has 136 valence electrons. The summed E-state index contributed by atoms with van der Waals surface area (Å²) in [5.41, 5.74) is 2.88. The van der Waals surface area contributed by atoms with Gasteiger partial charge >= 0.3 is 0 Å². The van der Waals surface area contributed by atoms with Crippen molar-refractivity contribution >= 4 is 39.9 Å². The average Bonchev–Trinajstić information content (AvgIpc) is 3.14. The van der Waals surface area contributed by atoms with Crippen molar-refractivity contribution in [3.8, 4) is 0 Å². The molecule has 27 heavy (non-hydrogen) atoms. The quantitative estimate of drug-likeness (QED) is 0.606. The minimum Gasteiger partial charge on any atom is -0.342 e. The first-order valence-corrected chi connectivity index (χ1v) is 9.46. The second-order valence-electron chi connectivity index (χ2n) is 6.28. The van der Waals surface area contributed by atoms with Crippen molar-refractivity contribution in [1.82, 2.24) is 9.47 Å². The largest absolute Gasteiger partial charge is 0.342 e. The van der Waals surface area contributed by atoms with E-state index in [0.29, 0.717) is 18.0 Å². The molecule has 1 aliphatic rings. The number of hydrogen-bond acceptors (Lipinski definition) is 3. The standard InChI is InChI=1S/C21H17FN2O2S/c1-2-24-20(25)19(27-21(24)26)11-15-13-23(18-6-4-3-5-17(15)18)12-14-7-9-16(22)10-8-14/h3-11,13H,2,12H2,1H3. The minimum absolute atomic E-state index is 0.233. The van der Waals surface area contributed by atoms with Crippen molar-refractivity contribution in [2.24, 2.45) is 0 Å². The fourth-order valence-corrected chi connectivity index (χ4v) is 4.12. The molecular weight excluding hydrogens is 363 g/mol. The highest BCUT2D eigenvalue weighted by Crippen LogP contribution is 2.34. The number of thioether (sulfide) groups is 1. The van der Waals surface area contributed by atoms with Crippen LogP contribution in [0.25, 0.3) is 17.0 Å². The molecule has 0 radical (unpaired) electrons. The fraction of sp³-hybridized carbons (Fsp3) is 0.143. The lowest BCUT2D eigenvalue weighted by Gasteiger charge is -2.06. The maximum absolute atomic E-state index is 13.2. The summed E-state index contributed by atoms with van der Waals surface area (Å²) >= 11 is 0.972. The van der Waals surface area contributed by atoms with E-state index in [-0.39, 0.29) is 17.0 Å². The summed E-state index contributed by atoms with van der Waals surface area (Å²) < 4.78 is 15.2. The van der Waals surface area contributed by atoms with Crippen LogP contribution < -0.4 is 0 Å². The predicted octanol–water partition coefficient (Wildman–Crippen LogP) is 4.88. The summed E-state index contributed by atoms with van der Waals surface area (Å²) in [6.07, 6.45) is 3.75. The van der Waals surface area contributed by atoms with E-state index < -0.39 is 0 Å². The van der Waals surface area contributed by atoms with Crippen molar-refractivity contribution in [1.29, 1.82) is 0 Å². The lowest BCUT2D eigenvalue weighted by atomic mass is 10.1. The third kappa shape index (κ3) is 3.28. The van der Waals surface area contributed by atoms with Gasteiger partial charge in [-0.3, -0.25) is 14.5 Å². The van der Waals surface area contributed by atoms with Gasteiger partial charge in [-0.05, 0) is 48.5 Å². The number of fused-ring (bicyclic) bond motifs is 1. The Morgan fingerprint density at radius 3 is 2.52 bits per heavy atom. The predicted molar refractivity (Wildman–Crippen MR) is 106 cm³/mol. The molecule has 3 aromatic rings. The molecule has 4 rings (SSSR count). The van der Waals surface area contributed by atoms with Crippen molar-refractivity contribution in [2.45, 2.75) is 13.5 Å². The highest BCUT2D eigenvalue weighted by atomic mass is 32.2. The van der Waals surface area contributed by atoms with Gasteiger partial charge in [-0.25, -0.2) is 4.39 Å². The number of halogens is 1. The van der Waals surface area contributed by atoms with Gasteiger partial charge < -0.3 is 4.57 Å². The Kier molecular flexibility index (Phi) is 4.58. The fourth-order valence-electron chi connectivity index (χ4n) is 3.22. The van der Waals surface area contributed by atoms with Gasteiger partial charge in [0, 0.05) is 35.8 Å². The molecule has 0 aliphatic carbocycles. The van der Waals surface area contributed by atoms with Gasteiger partial charge in [0.1, 0.15) is 5.82 Å². The van der Waals surface area contributed by atoms with Crippen LogP contribution in [0.3, 0.4) is 0 Å². The smallest absolute Gasteiger partial charge is 0.293 e. The zero-order valence-corrected chi connectivity index (χ0v) is 15.5. The molecule has 1 aromatic heterocycles. The summed E-state index contributed by atoms with van der Waals surface area (Å²) in [4.78, 5) is 26.0. The Morgan fingerprint density at radius 2 is 1.81 bits per heavy atom. The monoisotopic (exact) mass is 380 g/mol. The maximum Gasteiger partial charge on any atom is 0.293 e. The number of aromatic nitrogens is 1. The van der Waals surface area contributed by atoms with Crippen molar-refractivity contribution < 1.29 is 14.0 Å². The first-order chi connectivity index (χ1) is 13.1. The van der Waals surface area contributed by atoms with Crippen molar-refractivity contribution in [3.63, 3.8) is 0 Å². The van der Waals surface area contributed by atoms with E-state index in [1.165, 1.54) is 17.0 Å². The van der Waals surface area contributed by atoms with E-state index in [0.717, 1.165) is 33.8 Å². The zero-order valence-electron chi connectivity index (χ0n) is 14.7. The number of benzene rings is 2. The molecule has 4 nitrogen and oxygen atoms in total. The molecule has 0 unspecified atom stereocenters. The number of imide groups is 1. The van der Waals surface area contributed by atoms with Crippen LogP contribution in [-0.2, 0) is 11.3 Å². The second kappa shape index (κ2) is 7.04. The molecule has 0 N–H and O–H groups in total. The van der Waals surface area contributed by atoms with Gasteiger partial charge in [-0.2, -0.15) is 0 Å². The molecular formula is C21H17FN2O2S. The highest BCUT2D eigenvalue weighted by molar-refractivity contribution is 8.18. The van der Waals surface area contributed by atoms with Crippen LogP contribution in [0.5, 0.6) is 0 Å². The van der Waals surface area contributed by atoms with E-state index in [1.54, 1.807) is 25.1 Å². The Bertz CT molecular complexity index is 1070. The number of para-hydroxylation sites is 1. The van der Waals surface area contributed by atoms with Crippen LogP contribution in [0, 0.1) is 5.82 Å². The van der Waals surface area contributed by atoms with Gasteiger partial charge in [0.15, 0.2) is 0 Å². The summed E-state index contributed by atoms with van der Waals surface area (Å²) in [6.45, 7) is 2.74. The second-order valence-corrected chi connectivity index (χ2v) is 7.28. The molecule has 2 heterocycles. The van der Waals surface area contributed by atoms with Crippen LogP contribution in [0.15, 0.2) is 59.6 Å². The Balaban J connectivity index is 1.74. The molecule has 0 spiro atoms. The number of amides is 2. The number of likely N-dealkylation sites (N-methyl/N-ethyl adjacent to an activating group) is 1. The summed E-state index contributed by atoms with van der Waals surface area (Å²) in [5.74, 6) is -0.508. The summed E-state index contributed by atoms with van der Waals surface area (Å²) in [5, 5.41) is 0.770.